The van der Waals surface area contributed by atoms with Crippen molar-refractivity contribution in [3.05, 3.63) is 30.1 Å². The Kier molecular flexibility index (Phi) is 7.53. The zero-order chi connectivity index (χ0) is 20.0. The van der Waals surface area contributed by atoms with Crippen LogP contribution >= 0.6 is 11.8 Å². The molecule has 0 saturated heterocycles. The van der Waals surface area contributed by atoms with Gasteiger partial charge in [-0.25, -0.2) is 0 Å². The summed E-state index contributed by atoms with van der Waals surface area (Å²) in [5.74, 6) is 2.64. The topological polar surface area (TPSA) is 69.5 Å². The molecule has 0 aliphatic rings. The van der Waals surface area contributed by atoms with Gasteiger partial charge in [-0.05, 0) is 52.0 Å². The third-order valence-electron chi connectivity index (χ3n) is 4.08. The molecule has 0 N–H and O–H groups in total. The van der Waals surface area contributed by atoms with Crippen LogP contribution in [0.1, 0.15) is 33.5 Å². The zero-order valence-corrected chi connectivity index (χ0v) is 17.6. The molecule has 0 spiro atoms. The minimum atomic E-state index is 0.101. The van der Waals surface area contributed by atoms with Crippen LogP contribution in [0.25, 0.3) is 0 Å². The highest BCUT2D eigenvalue weighted by Gasteiger charge is 2.21. The van der Waals surface area contributed by atoms with E-state index < -0.39 is 0 Å². The number of hydrogen-bond acceptors (Lipinski definition) is 6. The minimum Gasteiger partial charge on any atom is -0.497 e. The van der Waals surface area contributed by atoms with E-state index in [1.54, 1.807) is 7.11 Å². The maximum Gasteiger partial charge on any atom is 0.233 e. The number of aromatic nitrogens is 3. The second-order valence-corrected chi connectivity index (χ2v) is 7.64. The second-order valence-electron chi connectivity index (χ2n) is 6.70. The summed E-state index contributed by atoms with van der Waals surface area (Å²) < 4.78 is 12.7. The molecule has 0 fully saturated rings. The van der Waals surface area contributed by atoms with E-state index in [0.717, 1.165) is 11.5 Å². The summed E-state index contributed by atoms with van der Waals surface area (Å²) >= 11 is 1.39. The highest BCUT2D eigenvalue weighted by atomic mass is 32.2. The number of nitrogens with zero attached hydrogens (tertiary/aromatic N) is 4. The molecule has 0 saturated carbocycles. The molecule has 0 radical (unpaired) electrons. The van der Waals surface area contributed by atoms with Crippen molar-refractivity contribution in [1.29, 1.82) is 0 Å². The normalized spacial score (nSPS) is 11.1. The Morgan fingerprint density at radius 3 is 2.26 bits per heavy atom. The van der Waals surface area contributed by atoms with Gasteiger partial charge in [-0.2, -0.15) is 0 Å². The summed E-state index contributed by atoms with van der Waals surface area (Å²) in [4.78, 5) is 14.4. The van der Waals surface area contributed by atoms with Gasteiger partial charge in [-0.15, -0.1) is 10.2 Å². The van der Waals surface area contributed by atoms with Crippen molar-refractivity contribution in [3.63, 3.8) is 0 Å². The van der Waals surface area contributed by atoms with E-state index in [1.165, 1.54) is 11.8 Å². The van der Waals surface area contributed by atoms with Crippen LogP contribution in [-0.4, -0.2) is 50.5 Å². The maximum atomic E-state index is 12.5. The van der Waals surface area contributed by atoms with Crippen LogP contribution in [-0.2, 0) is 18.4 Å². The number of carbonyl (C=O) groups excluding carboxylic acids is 1. The monoisotopic (exact) mass is 392 g/mol. The minimum absolute atomic E-state index is 0.101. The number of thioether (sulfide) groups is 1. The molecule has 27 heavy (non-hydrogen) atoms. The lowest BCUT2D eigenvalue weighted by Gasteiger charge is -2.30. The summed E-state index contributed by atoms with van der Waals surface area (Å²) in [6.45, 7) is 8.41. The van der Waals surface area contributed by atoms with Crippen molar-refractivity contribution in [2.45, 2.75) is 51.5 Å². The predicted molar refractivity (Wildman–Crippen MR) is 106 cm³/mol. The molecule has 1 heterocycles. The number of ether oxygens (including phenoxy) is 2. The predicted octanol–water partition coefficient (Wildman–Crippen LogP) is 3.14. The first-order valence-electron chi connectivity index (χ1n) is 8.92. The van der Waals surface area contributed by atoms with Crippen LogP contribution in [0.2, 0.25) is 0 Å². The number of amides is 1. The highest BCUT2D eigenvalue weighted by molar-refractivity contribution is 7.99. The smallest absolute Gasteiger partial charge is 0.233 e. The first-order chi connectivity index (χ1) is 12.8. The lowest BCUT2D eigenvalue weighted by molar-refractivity contribution is -0.131. The number of rotatable bonds is 9. The molecule has 8 heteroatoms. The first kappa shape index (κ1) is 21.1. The largest absolute Gasteiger partial charge is 0.497 e. The number of methoxy groups -OCH3 is 1. The van der Waals surface area contributed by atoms with Crippen LogP contribution in [0.4, 0.5) is 0 Å². The summed E-state index contributed by atoms with van der Waals surface area (Å²) in [5.41, 5.74) is 0. The van der Waals surface area contributed by atoms with Crippen LogP contribution in [0.5, 0.6) is 11.5 Å². The van der Waals surface area contributed by atoms with Crippen molar-refractivity contribution in [2.24, 2.45) is 7.05 Å². The fourth-order valence-electron chi connectivity index (χ4n) is 2.79. The molecule has 0 bridgehead atoms. The Balaban J connectivity index is 1.93. The van der Waals surface area contributed by atoms with Crippen molar-refractivity contribution < 1.29 is 14.3 Å². The van der Waals surface area contributed by atoms with E-state index in [2.05, 4.69) is 10.2 Å². The summed E-state index contributed by atoms with van der Waals surface area (Å²) in [5, 5.41) is 9.05. The van der Waals surface area contributed by atoms with E-state index in [0.29, 0.717) is 23.3 Å². The van der Waals surface area contributed by atoms with Gasteiger partial charge in [0.25, 0.3) is 0 Å². The van der Waals surface area contributed by atoms with Gasteiger partial charge >= 0.3 is 0 Å². The zero-order valence-electron chi connectivity index (χ0n) is 16.8. The molecule has 0 unspecified atom stereocenters. The molecule has 2 rings (SSSR count). The van der Waals surface area contributed by atoms with E-state index in [-0.39, 0.29) is 18.0 Å². The van der Waals surface area contributed by atoms with Gasteiger partial charge in [-0.3, -0.25) is 4.79 Å². The van der Waals surface area contributed by atoms with Crippen LogP contribution in [0, 0.1) is 0 Å². The van der Waals surface area contributed by atoms with Crippen molar-refractivity contribution in [2.75, 3.05) is 12.9 Å². The molecule has 1 aromatic heterocycles. The molecule has 1 amide bonds. The first-order valence-corrected chi connectivity index (χ1v) is 9.91. The highest BCUT2D eigenvalue weighted by Crippen LogP contribution is 2.20. The lowest BCUT2D eigenvalue weighted by atomic mass is 10.2. The van der Waals surface area contributed by atoms with Gasteiger partial charge in [0.05, 0.1) is 12.9 Å². The Morgan fingerprint density at radius 1 is 1.11 bits per heavy atom. The summed E-state index contributed by atoms with van der Waals surface area (Å²) in [6, 6.07) is 7.71. The van der Waals surface area contributed by atoms with Gasteiger partial charge in [-0.1, -0.05) is 11.8 Å². The third-order valence-corrected chi connectivity index (χ3v) is 5.08. The van der Waals surface area contributed by atoms with Gasteiger partial charge in [0.1, 0.15) is 18.1 Å². The SMILES string of the molecule is COc1ccc(OCc2nnc(SCC(=O)N(C(C)C)C(C)C)n2C)cc1. The Bertz CT molecular complexity index is 736. The quantitative estimate of drug-likeness (QED) is 0.611. The Morgan fingerprint density at radius 2 is 1.70 bits per heavy atom. The maximum absolute atomic E-state index is 12.5. The molecule has 1 aromatic carbocycles. The van der Waals surface area contributed by atoms with Crippen LogP contribution in [0.15, 0.2) is 29.4 Å². The van der Waals surface area contributed by atoms with Gasteiger partial charge in [0.2, 0.25) is 5.91 Å². The van der Waals surface area contributed by atoms with E-state index in [4.69, 9.17) is 9.47 Å². The summed E-state index contributed by atoms with van der Waals surface area (Å²) in [7, 11) is 3.50. The van der Waals surface area contributed by atoms with Crippen molar-refractivity contribution in [1.82, 2.24) is 19.7 Å². The molecule has 0 aliphatic carbocycles. The number of carbonyl (C=O) groups is 1. The molecule has 0 atom stereocenters. The average Bonchev–Trinajstić information content (AvgIpc) is 2.98. The fourth-order valence-corrected chi connectivity index (χ4v) is 3.59. The van der Waals surface area contributed by atoms with Crippen molar-refractivity contribution >= 4 is 17.7 Å². The van der Waals surface area contributed by atoms with E-state index in [1.807, 2.05) is 68.5 Å². The number of benzene rings is 1. The van der Waals surface area contributed by atoms with Gasteiger partial charge in [0, 0.05) is 19.1 Å². The van der Waals surface area contributed by atoms with Crippen LogP contribution in [0.3, 0.4) is 0 Å². The van der Waals surface area contributed by atoms with Crippen molar-refractivity contribution in [3.8, 4) is 11.5 Å². The number of hydrogen-bond donors (Lipinski definition) is 0. The Hall–Kier alpha value is -2.22. The molecule has 0 aliphatic heterocycles. The average molecular weight is 393 g/mol. The van der Waals surface area contributed by atoms with Crippen LogP contribution < -0.4 is 9.47 Å². The standard InChI is InChI=1S/C19H28N4O3S/c1-13(2)23(14(3)4)18(24)12-27-19-21-20-17(22(19)5)11-26-16-9-7-15(25-6)8-10-16/h7-10,13-14H,11-12H2,1-6H3. The molecule has 7 nitrogen and oxygen atoms in total. The van der Waals surface area contributed by atoms with E-state index >= 15 is 0 Å². The van der Waals surface area contributed by atoms with Gasteiger partial charge < -0.3 is 18.9 Å². The molecule has 2 aromatic rings. The fraction of sp³-hybridized carbons (Fsp3) is 0.526. The molecule has 148 valence electrons. The second kappa shape index (κ2) is 9.64. The third kappa shape index (κ3) is 5.63. The molecular weight excluding hydrogens is 364 g/mol. The van der Waals surface area contributed by atoms with E-state index in [9.17, 15) is 4.79 Å². The lowest BCUT2D eigenvalue weighted by Crippen LogP contribution is -2.43. The van der Waals surface area contributed by atoms with Gasteiger partial charge in [0.15, 0.2) is 11.0 Å². The Labute approximate surface area is 165 Å². The molecular formula is C19H28N4O3S. The summed E-state index contributed by atoms with van der Waals surface area (Å²) in [6.07, 6.45) is 0.